The van der Waals surface area contributed by atoms with Gasteiger partial charge in [-0.25, -0.2) is 0 Å². The van der Waals surface area contributed by atoms with Gasteiger partial charge in [-0.2, -0.15) is 0 Å². The molecule has 0 aromatic heterocycles. The molecule has 11 rings (SSSR count). The van der Waals surface area contributed by atoms with Gasteiger partial charge in [0.15, 0.2) is 0 Å². The van der Waals surface area contributed by atoms with Crippen LogP contribution in [0.25, 0.3) is 54.6 Å². The molecule has 280 valence electrons. The zero-order valence-electron chi connectivity index (χ0n) is 33.2. The summed E-state index contributed by atoms with van der Waals surface area (Å²) in [6.07, 6.45) is 0. The molecule has 1 aliphatic heterocycles. The summed E-state index contributed by atoms with van der Waals surface area (Å²) < 4.78 is 0. The SMILES string of the molecule is CC1(C)c2ccccc2N(c2c(-c3cccc4ccccc34)ccc3ccccc23)c2cc(N(c3ccc(-c4ccccc4)cc3)c3ccc4ccccc4c3)ccc21. The fourth-order valence-electron chi connectivity index (χ4n) is 9.46. The smallest absolute Gasteiger partial charge is 0.0618 e. The Morgan fingerprint density at radius 3 is 1.73 bits per heavy atom. The van der Waals surface area contributed by atoms with Crippen molar-refractivity contribution in [3.63, 3.8) is 0 Å². The molecular formula is C57H42N2. The molecule has 0 unspecified atom stereocenters. The first-order valence-electron chi connectivity index (χ1n) is 20.5. The largest absolute Gasteiger partial charge is 0.310 e. The highest BCUT2D eigenvalue weighted by Gasteiger charge is 2.38. The van der Waals surface area contributed by atoms with Gasteiger partial charge >= 0.3 is 0 Å². The number of nitrogens with zero attached hydrogens (tertiary/aromatic N) is 2. The van der Waals surface area contributed by atoms with E-state index in [0.717, 1.165) is 17.1 Å². The number of para-hydroxylation sites is 1. The van der Waals surface area contributed by atoms with Crippen LogP contribution in [0.15, 0.2) is 218 Å². The lowest BCUT2D eigenvalue weighted by Gasteiger charge is -2.43. The van der Waals surface area contributed by atoms with Crippen molar-refractivity contribution in [2.75, 3.05) is 9.80 Å². The van der Waals surface area contributed by atoms with Crippen molar-refractivity contribution in [3.8, 4) is 22.3 Å². The van der Waals surface area contributed by atoms with Gasteiger partial charge < -0.3 is 9.80 Å². The molecule has 0 amide bonds. The first-order valence-corrected chi connectivity index (χ1v) is 20.5. The van der Waals surface area contributed by atoms with Crippen LogP contribution >= 0.6 is 0 Å². The van der Waals surface area contributed by atoms with Crippen LogP contribution in [-0.4, -0.2) is 0 Å². The first-order chi connectivity index (χ1) is 29.0. The summed E-state index contributed by atoms with van der Waals surface area (Å²) in [6.45, 7) is 4.75. The molecule has 10 aromatic rings. The van der Waals surface area contributed by atoms with Crippen molar-refractivity contribution in [2.24, 2.45) is 0 Å². The van der Waals surface area contributed by atoms with Crippen LogP contribution in [-0.2, 0) is 5.41 Å². The minimum atomic E-state index is -0.254. The van der Waals surface area contributed by atoms with Gasteiger partial charge in [0.05, 0.1) is 17.1 Å². The molecular weight excluding hydrogens is 713 g/mol. The maximum atomic E-state index is 2.57. The Labute approximate surface area is 345 Å². The van der Waals surface area contributed by atoms with Crippen molar-refractivity contribution < 1.29 is 0 Å². The lowest BCUT2D eigenvalue weighted by Crippen LogP contribution is -2.31. The fraction of sp³-hybridized carbons (Fsp3) is 0.0526. The van der Waals surface area contributed by atoms with Gasteiger partial charge in [-0.1, -0.05) is 190 Å². The van der Waals surface area contributed by atoms with E-state index in [4.69, 9.17) is 0 Å². The quantitative estimate of drug-likeness (QED) is 0.167. The maximum absolute atomic E-state index is 2.57. The van der Waals surface area contributed by atoms with Gasteiger partial charge in [0.25, 0.3) is 0 Å². The Morgan fingerprint density at radius 2 is 0.915 bits per heavy atom. The third-order valence-corrected chi connectivity index (χ3v) is 12.4. The fourth-order valence-corrected chi connectivity index (χ4v) is 9.46. The molecule has 0 saturated heterocycles. The number of hydrogen-bond donors (Lipinski definition) is 0. The van der Waals surface area contributed by atoms with Crippen LogP contribution in [0.1, 0.15) is 25.0 Å². The van der Waals surface area contributed by atoms with Crippen molar-refractivity contribution in [2.45, 2.75) is 19.3 Å². The molecule has 0 N–H and O–H groups in total. The summed E-state index contributed by atoms with van der Waals surface area (Å²) in [6, 6.07) is 80.1. The zero-order valence-corrected chi connectivity index (χ0v) is 33.2. The normalized spacial score (nSPS) is 13.0. The second kappa shape index (κ2) is 13.9. The van der Waals surface area contributed by atoms with Gasteiger partial charge in [0.2, 0.25) is 0 Å². The molecule has 0 atom stereocenters. The average Bonchev–Trinajstić information content (AvgIpc) is 3.29. The second-order valence-corrected chi connectivity index (χ2v) is 16.2. The minimum Gasteiger partial charge on any atom is -0.310 e. The minimum absolute atomic E-state index is 0.254. The monoisotopic (exact) mass is 754 g/mol. The first kappa shape index (κ1) is 34.8. The third-order valence-electron chi connectivity index (χ3n) is 12.4. The number of hydrogen-bond acceptors (Lipinski definition) is 2. The second-order valence-electron chi connectivity index (χ2n) is 16.2. The lowest BCUT2D eigenvalue weighted by atomic mass is 9.73. The van der Waals surface area contributed by atoms with E-state index in [2.05, 4.69) is 242 Å². The summed E-state index contributed by atoms with van der Waals surface area (Å²) in [4.78, 5) is 4.98. The van der Waals surface area contributed by atoms with Crippen molar-refractivity contribution in [3.05, 3.63) is 230 Å². The van der Waals surface area contributed by atoms with E-state index >= 15 is 0 Å². The van der Waals surface area contributed by atoms with Crippen LogP contribution in [0.2, 0.25) is 0 Å². The van der Waals surface area contributed by atoms with E-state index < -0.39 is 0 Å². The summed E-state index contributed by atoms with van der Waals surface area (Å²) in [5.74, 6) is 0. The van der Waals surface area contributed by atoms with E-state index in [1.807, 2.05) is 0 Å². The van der Waals surface area contributed by atoms with E-state index in [9.17, 15) is 0 Å². The molecule has 1 aliphatic rings. The van der Waals surface area contributed by atoms with Crippen LogP contribution < -0.4 is 9.80 Å². The Morgan fingerprint density at radius 1 is 0.356 bits per heavy atom. The Bertz CT molecular complexity index is 3190. The molecule has 2 nitrogen and oxygen atoms in total. The van der Waals surface area contributed by atoms with E-state index in [1.54, 1.807) is 0 Å². The van der Waals surface area contributed by atoms with Gasteiger partial charge in [-0.3, -0.25) is 0 Å². The van der Waals surface area contributed by atoms with Gasteiger partial charge in [-0.05, 0) is 97.2 Å². The van der Waals surface area contributed by atoms with Crippen LogP contribution in [0, 0.1) is 0 Å². The molecule has 0 saturated carbocycles. The molecule has 1 heterocycles. The zero-order chi connectivity index (χ0) is 39.5. The summed E-state index contributed by atoms with van der Waals surface area (Å²) >= 11 is 0. The summed E-state index contributed by atoms with van der Waals surface area (Å²) in [5, 5.41) is 7.34. The lowest BCUT2D eigenvalue weighted by molar-refractivity contribution is 0.632. The van der Waals surface area contributed by atoms with E-state index in [1.165, 1.54) is 82.8 Å². The Kier molecular flexibility index (Phi) is 8.20. The van der Waals surface area contributed by atoms with Gasteiger partial charge in [0, 0.05) is 33.4 Å². The van der Waals surface area contributed by atoms with E-state index in [0.29, 0.717) is 0 Å². The van der Waals surface area contributed by atoms with Crippen molar-refractivity contribution >= 4 is 66.4 Å². The molecule has 59 heavy (non-hydrogen) atoms. The summed E-state index contributed by atoms with van der Waals surface area (Å²) in [7, 11) is 0. The number of benzene rings is 10. The highest BCUT2D eigenvalue weighted by Crippen LogP contribution is 2.56. The van der Waals surface area contributed by atoms with Crippen molar-refractivity contribution in [1.82, 2.24) is 0 Å². The van der Waals surface area contributed by atoms with E-state index in [-0.39, 0.29) is 5.41 Å². The van der Waals surface area contributed by atoms with Crippen LogP contribution in [0.5, 0.6) is 0 Å². The standard InChI is InChI=1S/C57H42N2/c1-57(2)52-25-12-13-26-54(52)59(56-49-23-11-9-19-43(49)30-35-51(56)50-24-14-21-42-18-8-10-22-48(42)50)55-38-47(34-36-53(55)57)58(46-33-29-40-17-6-7-20-44(40)37-46)45-31-27-41(28-32-45)39-15-4-3-5-16-39/h3-38H,1-2H3. The highest BCUT2D eigenvalue weighted by atomic mass is 15.2. The number of rotatable bonds is 6. The average molecular weight is 755 g/mol. The molecule has 0 spiro atoms. The molecule has 10 aromatic carbocycles. The molecule has 0 bridgehead atoms. The predicted molar refractivity (Wildman–Crippen MR) is 251 cm³/mol. The molecule has 0 fully saturated rings. The predicted octanol–water partition coefficient (Wildman–Crippen LogP) is 16.1. The van der Waals surface area contributed by atoms with Crippen LogP contribution in [0.3, 0.4) is 0 Å². The van der Waals surface area contributed by atoms with Crippen molar-refractivity contribution in [1.29, 1.82) is 0 Å². The molecule has 0 aliphatic carbocycles. The number of fused-ring (bicyclic) bond motifs is 5. The maximum Gasteiger partial charge on any atom is 0.0618 e. The third kappa shape index (κ3) is 5.79. The van der Waals surface area contributed by atoms with Gasteiger partial charge in [-0.15, -0.1) is 0 Å². The summed E-state index contributed by atoms with van der Waals surface area (Å²) in [5.41, 5.74) is 14.0. The molecule has 0 radical (unpaired) electrons. The highest BCUT2D eigenvalue weighted by molar-refractivity contribution is 6.11. The molecule has 2 heteroatoms. The number of anilines is 6. The Hall–Kier alpha value is -7.42. The van der Waals surface area contributed by atoms with Gasteiger partial charge in [0.1, 0.15) is 0 Å². The topological polar surface area (TPSA) is 6.48 Å². The van der Waals surface area contributed by atoms with Crippen LogP contribution in [0.4, 0.5) is 34.1 Å². The Balaban J connectivity index is 1.18.